The van der Waals surface area contributed by atoms with Crippen LogP contribution in [0.2, 0.25) is 0 Å². The Morgan fingerprint density at radius 1 is 1.08 bits per heavy atom. The molecule has 1 fully saturated rings. The van der Waals surface area contributed by atoms with Crippen molar-refractivity contribution in [3.05, 3.63) is 54.5 Å². The number of hydrogen-bond acceptors (Lipinski definition) is 5. The fourth-order valence-electron chi connectivity index (χ4n) is 3.09. The smallest absolute Gasteiger partial charge is 0.274 e. The van der Waals surface area contributed by atoms with E-state index >= 15 is 0 Å². The van der Waals surface area contributed by atoms with Crippen molar-refractivity contribution in [3.8, 4) is 11.3 Å². The highest BCUT2D eigenvalue weighted by molar-refractivity contribution is 6.03. The second kappa shape index (κ2) is 6.95. The van der Waals surface area contributed by atoms with Gasteiger partial charge >= 0.3 is 0 Å². The van der Waals surface area contributed by atoms with Gasteiger partial charge in [-0.1, -0.05) is 30.3 Å². The number of amides is 1. The molecule has 1 aliphatic rings. The van der Waals surface area contributed by atoms with Gasteiger partial charge in [-0.2, -0.15) is 5.10 Å². The van der Waals surface area contributed by atoms with E-state index in [1.165, 1.54) is 12.8 Å². The third-order valence-corrected chi connectivity index (χ3v) is 4.47. The summed E-state index contributed by atoms with van der Waals surface area (Å²) in [5.74, 6) is 0.479. The van der Waals surface area contributed by atoms with Crippen molar-refractivity contribution < 1.29 is 4.79 Å². The van der Waals surface area contributed by atoms with E-state index in [1.807, 2.05) is 30.3 Å². The normalized spacial score (nSPS) is 13.8. The van der Waals surface area contributed by atoms with Crippen LogP contribution in [0.5, 0.6) is 0 Å². The van der Waals surface area contributed by atoms with Gasteiger partial charge in [0.2, 0.25) is 5.95 Å². The van der Waals surface area contributed by atoms with Crippen molar-refractivity contribution in [1.29, 1.82) is 0 Å². The molecule has 1 amide bonds. The van der Waals surface area contributed by atoms with Crippen molar-refractivity contribution in [1.82, 2.24) is 19.7 Å². The van der Waals surface area contributed by atoms with Crippen LogP contribution in [0, 0.1) is 0 Å². The SMILES string of the molecule is Cn1nc(-c2ccccc2)cc1C(=O)Nc1cnc(N2CCCC2)nc1. The number of aryl methyl sites for hydroxylation is 1. The van der Waals surface area contributed by atoms with Crippen LogP contribution in [0.4, 0.5) is 11.6 Å². The summed E-state index contributed by atoms with van der Waals surface area (Å²) in [5, 5.41) is 7.27. The molecule has 0 saturated carbocycles. The van der Waals surface area contributed by atoms with E-state index < -0.39 is 0 Å². The monoisotopic (exact) mass is 348 g/mol. The molecule has 3 aromatic rings. The predicted molar refractivity (Wildman–Crippen MR) is 100 cm³/mol. The van der Waals surface area contributed by atoms with Crippen LogP contribution in [0.3, 0.4) is 0 Å². The molecule has 1 saturated heterocycles. The summed E-state index contributed by atoms with van der Waals surface area (Å²) in [6, 6.07) is 11.6. The van der Waals surface area contributed by atoms with Crippen LogP contribution in [0.1, 0.15) is 23.3 Å². The predicted octanol–water partition coefficient (Wildman–Crippen LogP) is 2.73. The molecule has 2 aromatic heterocycles. The van der Waals surface area contributed by atoms with E-state index in [4.69, 9.17) is 0 Å². The van der Waals surface area contributed by atoms with Crippen LogP contribution in [0.25, 0.3) is 11.3 Å². The zero-order valence-corrected chi connectivity index (χ0v) is 14.6. The first-order chi connectivity index (χ1) is 12.7. The van der Waals surface area contributed by atoms with Gasteiger partial charge in [-0.15, -0.1) is 0 Å². The zero-order chi connectivity index (χ0) is 17.9. The number of nitrogens with one attached hydrogen (secondary N) is 1. The highest BCUT2D eigenvalue weighted by atomic mass is 16.2. The molecule has 1 aromatic carbocycles. The van der Waals surface area contributed by atoms with E-state index in [1.54, 1.807) is 30.2 Å². The van der Waals surface area contributed by atoms with Gasteiger partial charge in [-0.25, -0.2) is 9.97 Å². The molecule has 0 spiro atoms. The molecule has 4 rings (SSSR count). The van der Waals surface area contributed by atoms with Gasteiger partial charge in [0.05, 0.1) is 23.8 Å². The van der Waals surface area contributed by atoms with Crippen molar-refractivity contribution in [2.45, 2.75) is 12.8 Å². The standard InChI is InChI=1S/C19H20N6O/c1-24-17(11-16(23-24)14-7-3-2-4-8-14)18(26)22-15-12-20-19(21-13-15)25-9-5-6-10-25/h2-4,7-8,11-13H,5-6,9-10H2,1H3,(H,22,26). The number of anilines is 2. The Morgan fingerprint density at radius 3 is 2.46 bits per heavy atom. The van der Waals surface area contributed by atoms with Gasteiger partial charge in [-0.3, -0.25) is 9.48 Å². The fraction of sp³-hybridized carbons (Fsp3) is 0.263. The van der Waals surface area contributed by atoms with E-state index in [0.717, 1.165) is 24.3 Å². The molecule has 0 atom stereocenters. The Balaban J connectivity index is 1.49. The molecule has 132 valence electrons. The third kappa shape index (κ3) is 3.28. The summed E-state index contributed by atoms with van der Waals surface area (Å²) < 4.78 is 1.58. The summed E-state index contributed by atoms with van der Waals surface area (Å²) >= 11 is 0. The van der Waals surface area contributed by atoms with Crippen molar-refractivity contribution in [2.75, 3.05) is 23.3 Å². The quantitative estimate of drug-likeness (QED) is 0.784. The molecule has 0 unspecified atom stereocenters. The number of benzene rings is 1. The Hall–Kier alpha value is -3.22. The highest BCUT2D eigenvalue weighted by Gasteiger charge is 2.17. The number of hydrogen-bond donors (Lipinski definition) is 1. The molecule has 1 aliphatic heterocycles. The van der Waals surface area contributed by atoms with E-state index in [-0.39, 0.29) is 5.91 Å². The number of nitrogens with zero attached hydrogens (tertiary/aromatic N) is 5. The second-order valence-electron chi connectivity index (χ2n) is 6.32. The Morgan fingerprint density at radius 2 is 1.77 bits per heavy atom. The van der Waals surface area contributed by atoms with Crippen molar-refractivity contribution >= 4 is 17.5 Å². The highest BCUT2D eigenvalue weighted by Crippen LogP contribution is 2.20. The number of carbonyl (C=O) groups excluding carboxylic acids is 1. The van der Waals surface area contributed by atoms with Crippen LogP contribution in [0.15, 0.2) is 48.8 Å². The van der Waals surface area contributed by atoms with E-state index in [2.05, 4.69) is 25.3 Å². The topological polar surface area (TPSA) is 75.9 Å². The van der Waals surface area contributed by atoms with E-state index in [0.29, 0.717) is 17.3 Å². The lowest BCUT2D eigenvalue weighted by atomic mass is 10.1. The van der Waals surface area contributed by atoms with Gasteiger partial charge in [0, 0.05) is 25.7 Å². The van der Waals surface area contributed by atoms with E-state index in [9.17, 15) is 4.79 Å². The van der Waals surface area contributed by atoms with Gasteiger partial charge in [0.25, 0.3) is 5.91 Å². The summed E-state index contributed by atoms with van der Waals surface area (Å²) in [6.07, 6.45) is 5.64. The van der Waals surface area contributed by atoms with Crippen LogP contribution >= 0.6 is 0 Å². The maximum atomic E-state index is 12.6. The summed E-state index contributed by atoms with van der Waals surface area (Å²) in [4.78, 5) is 23.5. The molecule has 3 heterocycles. The lowest BCUT2D eigenvalue weighted by molar-refractivity contribution is 0.101. The van der Waals surface area contributed by atoms with Crippen molar-refractivity contribution in [3.63, 3.8) is 0 Å². The first-order valence-electron chi connectivity index (χ1n) is 8.68. The maximum Gasteiger partial charge on any atom is 0.274 e. The molecular formula is C19H20N6O. The number of rotatable bonds is 4. The molecule has 26 heavy (non-hydrogen) atoms. The van der Waals surface area contributed by atoms with Crippen molar-refractivity contribution in [2.24, 2.45) is 7.05 Å². The Labute approximate surface area is 151 Å². The Bertz CT molecular complexity index is 898. The molecule has 0 radical (unpaired) electrons. The fourth-order valence-corrected chi connectivity index (χ4v) is 3.09. The third-order valence-electron chi connectivity index (χ3n) is 4.47. The van der Waals surface area contributed by atoms with Gasteiger partial charge in [0.1, 0.15) is 5.69 Å². The molecule has 7 heteroatoms. The minimum atomic E-state index is -0.236. The second-order valence-corrected chi connectivity index (χ2v) is 6.32. The molecule has 7 nitrogen and oxygen atoms in total. The average Bonchev–Trinajstić information content (AvgIpc) is 3.33. The lowest BCUT2D eigenvalue weighted by Crippen LogP contribution is -2.21. The number of aromatic nitrogens is 4. The largest absolute Gasteiger partial charge is 0.341 e. The molecule has 1 N–H and O–H groups in total. The minimum absolute atomic E-state index is 0.236. The molecule has 0 aliphatic carbocycles. The van der Waals surface area contributed by atoms with Crippen LogP contribution in [-0.4, -0.2) is 38.7 Å². The lowest BCUT2D eigenvalue weighted by Gasteiger charge is -2.14. The first-order valence-corrected chi connectivity index (χ1v) is 8.68. The van der Waals surface area contributed by atoms with Gasteiger partial charge in [0.15, 0.2) is 0 Å². The summed E-state index contributed by atoms with van der Waals surface area (Å²) in [6.45, 7) is 1.98. The first kappa shape index (κ1) is 16.3. The van der Waals surface area contributed by atoms with Crippen LogP contribution in [-0.2, 0) is 7.05 Å². The average molecular weight is 348 g/mol. The minimum Gasteiger partial charge on any atom is -0.341 e. The Kier molecular flexibility index (Phi) is 4.35. The number of carbonyl (C=O) groups is 1. The maximum absolute atomic E-state index is 12.6. The molecule has 0 bridgehead atoms. The summed E-state index contributed by atoms with van der Waals surface area (Å²) in [5.41, 5.74) is 2.78. The molecular weight excluding hydrogens is 328 g/mol. The van der Waals surface area contributed by atoms with Gasteiger partial charge in [-0.05, 0) is 18.9 Å². The van der Waals surface area contributed by atoms with Crippen LogP contribution < -0.4 is 10.2 Å². The summed E-state index contributed by atoms with van der Waals surface area (Å²) in [7, 11) is 1.76. The van der Waals surface area contributed by atoms with Gasteiger partial charge < -0.3 is 10.2 Å². The zero-order valence-electron chi connectivity index (χ0n) is 14.6.